The highest BCUT2D eigenvalue weighted by Crippen LogP contribution is 2.21. The van der Waals surface area contributed by atoms with Crippen LogP contribution in [0.1, 0.15) is 18.4 Å². The molecule has 1 fully saturated rings. The second kappa shape index (κ2) is 6.94. The fraction of sp³-hybridized carbons (Fsp3) is 0.357. The highest BCUT2D eigenvalue weighted by Gasteiger charge is 2.15. The molecule has 102 valence electrons. The summed E-state index contributed by atoms with van der Waals surface area (Å²) < 4.78 is 5.42. The molecule has 0 radical (unpaired) electrons. The van der Waals surface area contributed by atoms with Crippen LogP contribution in [-0.2, 0) is 9.53 Å². The van der Waals surface area contributed by atoms with Crippen LogP contribution in [0.2, 0.25) is 10.0 Å². The van der Waals surface area contributed by atoms with E-state index in [1.165, 1.54) is 6.08 Å². The number of carbonyl (C=O) groups is 1. The summed E-state index contributed by atoms with van der Waals surface area (Å²) >= 11 is 11.8. The summed E-state index contributed by atoms with van der Waals surface area (Å²) in [4.78, 5) is 11.6. The fourth-order valence-corrected chi connectivity index (χ4v) is 2.35. The summed E-state index contributed by atoms with van der Waals surface area (Å²) in [6, 6.07) is 5.15. The number of rotatable bonds is 4. The molecule has 3 nitrogen and oxygen atoms in total. The van der Waals surface area contributed by atoms with Gasteiger partial charge in [0.15, 0.2) is 0 Å². The van der Waals surface area contributed by atoms with Crippen molar-refractivity contribution in [2.45, 2.75) is 18.9 Å². The first-order chi connectivity index (χ1) is 9.15. The summed E-state index contributed by atoms with van der Waals surface area (Å²) in [5, 5.41) is 3.90. The molecule has 1 heterocycles. The van der Waals surface area contributed by atoms with Gasteiger partial charge in [-0.3, -0.25) is 4.79 Å². The highest BCUT2D eigenvalue weighted by atomic mass is 35.5. The van der Waals surface area contributed by atoms with E-state index < -0.39 is 0 Å². The molecule has 1 aromatic carbocycles. The molecule has 1 saturated heterocycles. The standard InChI is InChI=1S/C14H15Cl2NO2/c15-11-5-3-10(13(16)8-11)4-6-14(18)17-9-12-2-1-7-19-12/h3-6,8,12H,1-2,7,9H2,(H,17,18)/b6-4+/t12-/m0/s1. The Morgan fingerprint density at radius 1 is 1.47 bits per heavy atom. The van der Waals surface area contributed by atoms with Crippen molar-refractivity contribution >= 4 is 35.2 Å². The summed E-state index contributed by atoms with van der Waals surface area (Å²) in [7, 11) is 0. The fourth-order valence-electron chi connectivity index (χ4n) is 1.88. The van der Waals surface area contributed by atoms with E-state index in [9.17, 15) is 4.79 Å². The smallest absolute Gasteiger partial charge is 0.244 e. The Bertz CT molecular complexity index is 482. The molecule has 0 bridgehead atoms. The van der Waals surface area contributed by atoms with E-state index in [2.05, 4.69) is 5.32 Å². The van der Waals surface area contributed by atoms with Gasteiger partial charge >= 0.3 is 0 Å². The first-order valence-electron chi connectivity index (χ1n) is 6.18. The Balaban J connectivity index is 1.85. The number of halogens is 2. The maximum Gasteiger partial charge on any atom is 0.244 e. The number of benzene rings is 1. The van der Waals surface area contributed by atoms with Crippen LogP contribution in [0.15, 0.2) is 24.3 Å². The van der Waals surface area contributed by atoms with Gasteiger partial charge in [0.1, 0.15) is 0 Å². The van der Waals surface area contributed by atoms with Crippen molar-refractivity contribution < 1.29 is 9.53 Å². The van der Waals surface area contributed by atoms with E-state index in [-0.39, 0.29) is 12.0 Å². The summed E-state index contributed by atoms with van der Waals surface area (Å²) in [5.74, 6) is -0.151. The van der Waals surface area contributed by atoms with Gasteiger partial charge < -0.3 is 10.1 Å². The van der Waals surface area contributed by atoms with E-state index in [0.29, 0.717) is 16.6 Å². The van der Waals surface area contributed by atoms with Gasteiger partial charge in [-0.1, -0.05) is 29.3 Å². The number of hydrogen-bond acceptors (Lipinski definition) is 2. The van der Waals surface area contributed by atoms with Crippen LogP contribution in [0.3, 0.4) is 0 Å². The van der Waals surface area contributed by atoms with Gasteiger partial charge in [-0.2, -0.15) is 0 Å². The van der Waals surface area contributed by atoms with Crippen molar-refractivity contribution in [1.29, 1.82) is 0 Å². The van der Waals surface area contributed by atoms with Crippen LogP contribution in [-0.4, -0.2) is 25.2 Å². The normalized spacial score (nSPS) is 18.9. The zero-order valence-corrected chi connectivity index (χ0v) is 11.9. The maximum atomic E-state index is 11.6. The third-order valence-corrected chi connectivity index (χ3v) is 3.47. The number of ether oxygens (including phenoxy) is 1. The summed E-state index contributed by atoms with van der Waals surface area (Å²) in [6.07, 6.45) is 5.36. The van der Waals surface area contributed by atoms with Gasteiger partial charge in [0, 0.05) is 29.3 Å². The monoisotopic (exact) mass is 299 g/mol. The molecule has 1 amide bonds. The molecule has 0 aliphatic carbocycles. The minimum absolute atomic E-state index is 0.150. The number of carbonyl (C=O) groups excluding carboxylic acids is 1. The quantitative estimate of drug-likeness (QED) is 0.866. The molecule has 5 heteroatoms. The molecule has 0 unspecified atom stereocenters. The summed E-state index contributed by atoms with van der Waals surface area (Å²) in [5.41, 5.74) is 0.762. The van der Waals surface area contributed by atoms with Gasteiger partial charge in [-0.05, 0) is 36.6 Å². The van der Waals surface area contributed by atoms with Gasteiger partial charge in [-0.25, -0.2) is 0 Å². The Morgan fingerprint density at radius 3 is 3.00 bits per heavy atom. The molecule has 1 aliphatic rings. The van der Waals surface area contributed by atoms with Gasteiger partial charge in [-0.15, -0.1) is 0 Å². The second-order valence-electron chi connectivity index (χ2n) is 4.38. The number of nitrogens with one attached hydrogen (secondary N) is 1. The van der Waals surface area contributed by atoms with Crippen LogP contribution in [0.5, 0.6) is 0 Å². The maximum absolute atomic E-state index is 11.6. The van der Waals surface area contributed by atoms with E-state index in [1.807, 2.05) is 0 Å². The minimum Gasteiger partial charge on any atom is -0.376 e. The predicted octanol–water partition coefficient (Wildman–Crippen LogP) is 3.30. The van der Waals surface area contributed by atoms with E-state index >= 15 is 0 Å². The first-order valence-corrected chi connectivity index (χ1v) is 6.93. The van der Waals surface area contributed by atoms with Crippen molar-refractivity contribution in [3.8, 4) is 0 Å². The van der Waals surface area contributed by atoms with Gasteiger partial charge in [0.2, 0.25) is 5.91 Å². The molecule has 0 spiro atoms. The van der Waals surface area contributed by atoms with Crippen LogP contribution in [0.25, 0.3) is 6.08 Å². The van der Waals surface area contributed by atoms with Gasteiger partial charge in [0.05, 0.1) is 6.10 Å². The molecule has 1 atom stereocenters. The van der Waals surface area contributed by atoms with Crippen molar-refractivity contribution in [1.82, 2.24) is 5.32 Å². The summed E-state index contributed by atoms with van der Waals surface area (Å²) in [6.45, 7) is 1.34. The minimum atomic E-state index is -0.151. The first kappa shape index (κ1) is 14.4. The Labute approximate surface area is 122 Å². The average Bonchev–Trinajstić information content (AvgIpc) is 2.88. The molecule has 1 aromatic rings. The SMILES string of the molecule is O=C(/C=C/c1ccc(Cl)cc1Cl)NC[C@@H]1CCCO1. The Morgan fingerprint density at radius 2 is 2.32 bits per heavy atom. The molecule has 1 N–H and O–H groups in total. The lowest BCUT2D eigenvalue weighted by atomic mass is 10.2. The van der Waals surface area contributed by atoms with Crippen molar-refractivity contribution in [2.75, 3.05) is 13.2 Å². The average molecular weight is 300 g/mol. The Hall–Kier alpha value is -1.03. The van der Waals surface area contributed by atoms with Crippen molar-refractivity contribution in [3.05, 3.63) is 39.9 Å². The van der Waals surface area contributed by atoms with E-state index in [0.717, 1.165) is 25.0 Å². The van der Waals surface area contributed by atoms with Crippen LogP contribution in [0.4, 0.5) is 0 Å². The molecule has 2 rings (SSSR count). The van der Waals surface area contributed by atoms with Crippen molar-refractivity contribution in [2.24, 2.45) is 0 Å². The lowest BCUT2D eigenvalue weighted by Crippen LogP contribution is -2.30. The molecular formula is C14H15Cl2NO2. The zero-order chi connectivity index (χ0) is 13.7. The van der Waals surface area contributed by atoms with Gasteiger partial charge in [0.25, 0.3) is 0 Å². The Kier molecular flexibility index (Phi) is 5.25. The largest absolute Gasteiger partial charge is 0.376 e. The van der Waals surface area contributed by atoms with Crippen LogP contribution in [0, 0.1) is 0 Å². The predicted molar refractivity (Wildman–Crippen MR) is 77.5 cm³/mol. The lowest BCUT2D eigenvalue weighted by molar-refractivity contribution is -0.116. The van der Waals surface area contributed by atoms with Crippen LogP contribution < -0.4 is 5.32 Å². The molecule has 19 heavy (non-hydrogen) atoms. The topological polar surface area (TPSA) is 38.3 Å². The highest BCUT2D eigenvalue weighted by molar-refractivity contribution is 6.35. The number of hydrogen-bond donors (Lipinski definition) is 1. The lowest BCUT2D eigenvalue weighted by Gasteiger charge is -2.08. The van der Waals surface area contributed by atoms with Crippen LogP contribution >= 0.6 is 23.2 Å². The molecular weight excluding hydrogens is 285 g/mol. The molecule has 0 aromatic heterocycles. The third kappa shape index (κ3) is 4.53. The number of amides is 1. The van der Waals surface area contributed by atoms with E-state index in [4.69, 9.17) is 27.9 Å². The van der Waals surface area contributed by atoms with E-state index in [1.54, 1.807) is 24.3 Å². The third-order valence-electron chi connectivity index (χ3n) is 2.90. The van der Waals surface area contributed by atoms with Crippen molar-refractivity contribution in [3.63, 3.8) is 0 Å². The molecule has 1 aliphatic heterocycles. The molecule has 0 saturated carbocycles. The second-order valence-corrected chi connectivity index (χ2v) is 5.22. The zero-order valence-electron chi connectivity index (χ0n) is 10.4.